The molecule has 0 radical (unpaired) electrons. The Labute approximate surface area is 194 Å². The molecule has 3 aromatic rings. The summed E-state index contributed by atoms with van der Waals surface area (Å²) < 4.78 is 8.61. The molecule has 174 valence electrons. The van der Waals surface area contributed by atoms with Gasteiger partial charge in [0.05, 0.1) is 24.0 Å². The van der Waals surface area contributed by atoms with E-state index in [0.717, 1.165) is 0 Å². The van der Waals surface area contributed by atoms with Crippen molar-refractivity contribution in [2.75, 3.05) is 31.9 Å². The Morgan fingerprint density at radius 2 is 1.91 bits per heavy atom. The van der Waals surface area contributed by atoms with Gasteiger partial charge in [-0.3, -0.25) is 19.0 Å². The van der Waals surface area contributed by atoms with Gasteiger partial charge < -0.3 is 14.2 Å². The van der Waals surface area contributed by atoms with Crippen LogP contribution in [-0.2, 0) is 10.3 Å². The highest BCUT2D eigenvalue weighted by atomic mass is 32.2. The van der Waals surface area contributed by atoms with Crippen molar-refractivity contribution >= 4 is 34.6 Å². The Morgan fingerprint density at radius 1 is 1.18 bits per heavy atom. The van der Waals surface area contributed by atoms with E-state index in [9.17, 15) is 14.4 Å². The number of rotatable bonds is 3. The number of carbonyl (C=O) groups excluding carboxylic acids is 2. The van der Waals surface area contributed by atoms with Gasteiger partial charge in [0.2, 0.25) is 5.91 Å². The number of fused-ring (bicyclic) bond motifs is 2. The number of thioether (sulfide) groups is 1. The maximum Gasteiger partial charge on any atom is 0.289 e. The van der Waals surface area contributed by atoms with Crippen molar-refractivity contribution in [1.29, 1.82) is 0 Å². The van der Waals surface area contributed by atoms with Crippen LogP contribution >= 0.6 is 11.8 Å². The molecule has 1 unspecified atom stereocenters. The Hall–Kier alpha value is -3.08. The van der Waals surface area contributed by atoms with Crippen LogP contribution < -0.4 is 5.56 Å². The number of carbonyl (C=O) groups is 2. The molecule has 11 heteroatoms. The van der Waals surface area contributed by atoms with Crippen LogP contribution in [0.2, 0.25) is 0 Å². The molecule has 0 spiro atoms. The molecular weight excluding hydrogens is 444 g/mol. The predicted molar refractivity (Wildman–Crippen MR) is 122 cm³/mol. The molecule has 2 aliphatic rings. The first-order chi connectivity index (χ1) is 15.7. The van der Waals surface area contributed by atoms with E-state index in [2.05, 4.69) is 5.10 Å². The first kappa shape index (κ1) is 21.7. The molecule has 1 atom stereocenters. The Balaban J connectivity index is 1.29. The van der Waals surface area contributed by atoms with E-state index >= 15 is 0 Å². The van der Waals surface area contributed by atoms with Crippen molar-refractivity contribution in [2.24, 2.45) is 0 Å². The van der Waals surface area contributed by atoms with Crippen LogP contribution in [-0.4, -0.2) is 72.9 Å². The maximum absolute atomic E-state index is 13.2. The lowest BCUT2D eigenvalue weighted by Crippen LogP contribution is -2.51. The highest BCUT2D eigenvalue weighted by Gasteiger charge is 2.33. The van der Waals surface area contributed by atoms with Gasteiger partial charge in [-0.15, -0.1) is 0 Å². The fraction of sp³-hybridized carbons (Fsp3) is 0.500. The maximum atomic E-state index is 13.2. The van der Waals surface area contributed by atoms with Crippen LogP contribution in [0.3, 0.4) is 0 Å². The van der Waals surface area contributed by atoms with Crippen LogP contribution in [0.5, 0.6) is 0 Å². The van der Waals surface area contributed by atoms with Crippen molar-refractivity contribution in [1.82, 2.24) is 29.1 Å². The lowest BCUT2D eigenvalue weighted by molar-refractivity contribution is -0.133. The Kier molecular flexibility index (Phi) is 5.31. The van der Waals surface area contributed by atoms with Crippen LogP contribution in [0, 0.1) is 0 Å². The second kappa shape index (κ2) is 8.05. The van der Waals surface area contributed by atoms with Crippen LogP contribution in [0.4, 0.5) is 0 Å². The van der Waals surface area contributed by atoms with Gasteiger partial charge in [-0.2, -0.15) is 5.10 Å². The molecular formula is C22H26N6O4S. The first-order valence-electron chi connectivity index (χ1n) is 11.0. The second-order valence-electron chi connectivity index (χ2n) is 9.35. The second-order valence-corrected chi connectivity index (χ2v) is 10.3. The zero-order valence-corrected chi connectivity index (χ0v) is 19.7. The fourth-order valence-corrected chi connectivity index (χ4v) is 5.45. The van der Waals surface area contributed by atoms with Gasteiger partial charge in [0.15, 0.2) is 16.6 Å². The minimum absolute atomic E-state index is 0.0177. The number of piperazine rings is 1. The molecule has 5 rings (SSSR count). The zero-order valence-electron chi connectivity index (χ0n) is 18.9. The summed E-state index contributed by atoms with van der Waals surface area (Å²) in [6.07, 6.45) is 3.27. The van der Waals surface area contributed by atoms with Gasteiger partial charge in [0.1, 0.15) is 5.39 Å². The minimum atomic E-state index is -0.292. The zero-order chi connectivity index (χ0) is 23.3. The number of nitrogens with zero attached hydrogens (tertiary/aromatic N) is 6. The monoisotopic (exact) mass is 470 g/mol. The molecule has 0 aliphatic carbocycles. The number of hydrogen-bond acceptors (Lipinski definition) is 7. The molecule has 0 aromatic carbocycles. The molecule has 5 heterocycles. The van der Waals surface area contributed by atoms with E-state index in [0.29, 0.717) is 53.9 Å². The summed E-state index contributed by atoms with van der Waals surface area (Å²) in [5, 5.41) is 5.49. The summed E-state index contributed by atoms with van der Waals surface area (Å²) in [5.74, 6) is 0.754. The van der Waals surface area contributed by atoms with E-state index in [1.165, 1.54) is 18.0 Å². The standard InChI is InChI=1S/C22H26N6O4S/c1-22(2,3)28-18-15(12-23-28)19(30)27-14(13-33-21(27)24-18)11-17(29)25-6-8-26(9-7-25)20(31)16-5-4-10-32-16/h4-5,10,12,14H,6-9,11,13H2,1-3H3. The smallest absolute Gasteiger partial charge is 0.289 e. The quantitative estimate of drug-likeness (QED) is 0.539. The van der Waals surface area contributed by atoms with Crippen molar-refractivity contribution in [3.05, 3.63) is 40.7 Å². The molecule has 0 bridgehead atoms. The summed E-state index contributed by atoms with van der Waals surface area (Å²) in [7, 11) is 0. The van der Waals surface area contributed by atoms with Crippen molar-refractivity contribution in [2.45, 2.75) is 43.9 Å². The lowest BCUT2D eigenvalue weighted by atomic mass is 10.1. The molecule has 0 N–H and O–H groups in total. The molecule has 33 heavy (non-hydrogen) atoms. The average molecular weight is 471 g/mol. The normalized spacial score (nSPS) is 18.7. The minimum Gasteiger partial charge on any atom is -0.459 e. The molecule has 1 saturated heterocycles. The highest BCUT2D eigenvalue weighted by Crippen LogP contribution is 2.34. The van der Waals surface area contributed by atoms with Gasteiger partial charge >= 0.3 is 0 Å². The van der Waals surface area contributed by atoms with E-state index in [1.807, 2.05) is 20.8 Å². The summed E-state index contributed by atoms with van der Waals surface area (Å²) in [6.45, 7) is 7.88. The van der Waals surface area contributed by atoms with Crippen molar-refractivity contribution in [3.8, 4) is 0 Å². The molecule has 1 fully saturated rings. The molecule has 0 saturated carbocycles. The van der Waals surface area contributed by atoms with Crippen LogP contribution in [0.15, 0.2) is 39.0 Å². The largest absolute Gasteiger partial charge is 0.459 e. The Bertz CT molecular complexity index is 1260. The third kappa shape index (κ3) is 3.84. The van der Waals surface area contributed by atoms with E-state index in [1.54, 1.807) is 37.4 Å². The van der Waals surface area contributed by atoms with Gasteiger partial charge in [0.25, 0.3) is 11.5 Å². The summed E-state index contributed by atoms with van der Waals surface area (Å²) in [6, 6.07) is 3.08. The van der Waals surface area contributed by atoms with Gasteiger partial charge in [-0.05, 0) is 32.9 Å². The number of aromatic nitrogens is 4. The van der Waals surface area contributed by atoms with E-state index in [4.69, 9.17) is 9.40 Å². The summed E-state index contributed by atoms with van der Waals surface area (Å²) >= 11 is 1.50. The van der Waals surface area contributed by atoms with Crippen molar-refractivity contribution < 1.29 is 14.0 Å². The number of amides is 2. The van der Waals surface area contributed by atoms with E-state index in [-0.39, 0.29) is 35.4 Å². The predicted octanol–water partition coefficient (Wildman–Crippen LogP) is 1.96. The fourth-order valence-electron chi connectivity index (χ4n) is 4.32. The van der Waals surface area contributed by atoms with Gasteiger partial charge in [0, 0.05) is 38.4 Å². The average Bonchev–Trinajstić information content (AvgIpc) is 3.53. The lowest BCUT2D eigenvalue weighted by Gasteiger charge is -2.34. The Morgan fingerprint density at radius 3 is 2.58 bits per heavy atom. The number of furan rings is 1. The summed E-state index contributed by atoms with van der Waals surface area (Å²) in [4.78, 5) is 46.9. The summed E-state index contributed by atoms with van der Waals surface area (Å²) in [5.41, 5.74) is 0.136. The first-order valence-corrected chi connectivity index (χ1v) is 12.0. The third-order valence-electron chi connectivity index (χ3n) is 6.07. The third-order valence-corrected chi connectivity index (χ3v) is 7.17. The molecule has 10 nitrogen and oxygen atoms in total. The number of hydrogen-bond donors (Lipinski definition) is 0. The van der Waals surface area contributed by atoms with Crippen LogP contribution in [0.1, 0.15) is 43.8 Å². The van der Waals surface area contributed by atoms with Gasteiger partial charge in [-0.25, -0.2) is 9.67 Å². The highest BCUT2D eigenvalue weighted by molar-refractivity contribution is 7.99. The van der Waals surface area contributed by atoms with Crippen LogP contribution in [0.25, 0.3) is 11.0 Å². The van der Waals surface area contributed by atoms with Gasteiger partial charge in [-0.1, -0.05) is 11.8 Å². The topological polar surface area (TPSA) is 106 Å². The molecule has 2 amide bonds. The van der Waals surface area contributed by atoms with E-state index < -0.39 is 0 Å². The van der Waals surface area contributed by atoms with Crippen molar-refractivity contribution in [3.63, 3.8) is 0 Å². The SMILES string of the molecule is CC(C)(C)n1ncc2c(=O)n3c(nc21)SCC3CC(=O)N1CCN(C(=O)c2ccco2)CC1. The molecule has 3 aromatic heterocycles. The molecule has 2 aliphatic heterocycles.